The summed E-state index contributed by atoms with van der Waals surface area (Å²) in [5.74, 6) is 2.47. The van der Waals surface area contributed by atoms with Crippen LogP contribution in [0.4, 0.5) is 5.82 Å². The fraction of sp³-hybridized carbons (Fsp3) is 0.214. The van der Waals surface area contributed by atoms with Gasteiger partial charge >= 0.3 is 0 Å². The first-order valence-electron chi connectivity index (χ1n) is 5.97. The molecule has 1 aromatic heterocycles. The Bertz CT molecular complexity index is 616. The van der Waals surface area contributed by atoms with Crippen LogP contribution in [0.3, 0.4) is 0 Å². The van der Waals surface area contributed by atoms with Crippen molar-refractivity contribution >= 4 is 21.7 Å². The van der Waals surface area contributed by atoms with Crippen molar-refractivity contribution in [2.45, 2.75) is 13.5 Å². The lowest BCUT2D eigenvalue weighted by Crippen LogP contribution is -2.03. The molecule has 3 rings (SSSR count). The quantitative estimate of drug-likeness (QED) is 0.940. The number of aryl methyl sites for hydroxylation is 1. The van der Waals surface area contributed by atoms with Gasteiger partial charge in [0.05, 0.1) is 0 Å². The minimum Gasteiger partial charge on any atom is -0.454 e. The molecule has 98 valence electrons. The number of nitrogens with zero attached hydrogens (tertiary/aromatic N) is 1. The molecule has 5 heteroatoms. The summed E-state index contributed by atoms with van der Waals surface area (Å²) >= 11 is 3.44. The molecule has 4 nitrogen and oxygen atoms in total. The Kier molecular flexibility index (Phi) is 3.29. The van der Waals surface area contributed by atoms with E-state index in [0.29, 0.717) is 13.3 Å². The molecular weight excluding hydrogens is 308 g/mol. The maximum absolute atomic E-state index is 5.47. The maximum Gasteiger partial charge on any atom is 0.231 e. The molecule has 0 radical (unpaired) electrons. The molecule has 19 heavy (non-hydrogen) atoms. The highest BCUT2D eigenvalue weighted by atomic mass is 79.9. The Morgan fingerprint density at radius 3 is 3.11 bits per heavy atom. The van der Waals surface area contributed by atoms with Gasteiger partial charge in [-0.15, -0.1) is 0 Å². The second kappa shape index (κ2) is 5.09. The number of hydrogen-bond donors (Lipinski definition) is 1. The number of ether oxygens (including phenoxy) is 2. The lowest BCUT2D eigenvalue weighted by Gasteiger charge is -2.09. The van der Waals surface area contributed by atoms with Crippen molar-refractivity contribution in [3.05, 3.63) is 46.1 Å². The first-order valence-corrected chi connectivity index (χ1v) is 6.77. The Labute approximate surface area is 119 Å². The number of fused-ring (bicyclic) bond motifs is 1. The third-order valence-corrected chi connectivity index (χ3v) is 3.82. The van der Waals surface area contributed by atoms with Crippen molar-refractivity contribution in [2.24, 2.45) is 0 Å². The average Bonchev–Trinajstić information content (AvgIpc) is 2.89. The Hall–Kier alpha value is -1.75. The van der Waals surface area contributed by atoms with Crippen LogP contribution in [0.15, 0.2) is 34.9 Å². The third kappa shape index (κ3) is 2.51. The van der Waals surface area contributed by atoms with E-state index < -0.39 is 0 Å². The smallest absolute Gasteiger partial charge is 0.231 e. The van der Waals surface area contributed by atoms with Crippen LogP contribution in [0.2, 0.25) is 0 Å². The van der Waals surface area contributed by atoms with Gasteiger partial charge in [0.2, 0.25) is 6.79 Å². The van der Waals surface area contributed by atoms with Crippen molar-refractivity contribution in [3.8, 4) is 11.5 Å². The summed E-state index contributed by atoms with van der Waals surface area (Å²) in [4.78, 5) is 4.32. The number of benzene rings is 1. The number of para-hydroxylation sites is 1. The summed E-state index contributed by atoms with van der Waals surface area (Å²) in [7, 11) is 0. The van der Waals surface area contributed by atoms with Crippen LogP contribution < -0.4 is 14.8 Å². The summed E-state index contributed by atoms with van der Waals surface area (Å²) in [6.07, 6.45) is 1.80. The lowest BCUT2D eigenvalue weighted by atomic mass is 10.2. The van der Waals surface area contributed by atoms with Gasteiger partial charge in [0, 0.05) is 22.8 Å². The summed E-state index contributed by atoms with van der Waals surface area (Å²) in [6, 6.07) is 7.90. The molecule has 2 aromatic rings. The zero-order valence-electron chi connectivity index (χ0n) is 10.4. The van der Waals surface area contributed by atoms with E-state index in [4.69, 9.17) is 9.47 Å². The van der Waals surface area contributed by atoms with Gasteiger partial charge in [0.15, 0.2) is 11.5 Å². The molecule has 0 amide bonds. The second-order valence-electron chi connectivity index (χ2n) is 4.32. The predicted octanol–water partition coefficient (Wildman–Crippen LogP) is 3.49. The summed E-state index contributed by atoms with van der Waals surface area (Å²) < 4.78 is 11.8. The highest BCUT2D eigenvalue weighted by Crippen LogP contribution is 2.35. The van der Waals surface area contributed by atoms with Crippen LogP contribution in [-0.4, -0.2) is 11.8 Å². The van der Waals surface area contributed by atoms with Crippen LogP contribution in [0.25, 0.3) is 0 Å². The highest BCUT2D eigenvalue weighted by molar-refractivity contribution is 9.10. The largest absolute Gasteiger partial charge is 0.454 e. The van der Waals surface area contributed by atoms with Crippen molar-refractivity contribution < 1.29 is 9.47 Å². The molecule has 1 aromatic carbocycles. The normalized spacial score (nSPS) is 12.5. The molecule has 0 bridgehead atoms. The van der Waals surface area contributed by atoms with E-state index in [2.05, 4.69) is 26.2 Å². The lowest BCUT2D eigenvalue weighted by molar-refractivity contribution is 0.173. The number of pyridine rings is 1. The average molecular weight is 321 g/mol. The Balaban J connectivity index is 1.76. The van der Waals surface area contributed by atoms with E-state index in [0.717, 1.165) is 32.9 Å². The maximum atomic E-state index is 5.47. The first-order chi connectivity index (χ1) is 9.24. The number of nitrogens with one attached hydrogen (secondary N) is 1. The molecule has 2 heterocycles. The number of halogens is 1. The molecule has 0 aliphatic carbocycles. The molecule has 0 saturated carbocycles. The topological polar surface area (TPSA) is 43.4 Å². The summed E-state index contributed by atoms with van der Waals surface area (Å²) in [5, 5.41) is 3.29. The number of aromatic nitrogens is 1. The fourth-order valence-electron chi connectivity index (χ4n) is 1.95. The van der Waals surface area contributed by atoms with E-state index >= 15 is 0 Å². The van der Waals surface area contributed by atoms with Crippen molar-refractivity contribution in [1.29, 1.82) is 0 Å². The monoisotopic (exact) mass is 320 g/mol. The van der Waals surface area contributed by atoms with Gasteiger partial charge in [-0.3, -0.25) is 0 Å². The minimum atomic E-state index is 0.294. The SMILES string of the molecule is Cc1cc(NCc2cccc3c2OCO3)ncc1Br. The molecule has 0 spiro atoms. The van der Waals surface area contributed by atoms with E-state index in [-0.39, 0.29) is 0 Å². The molecule has 1 N–H and O–H groups in total. The van der Waals surface area contributed by atoms with Gasteiger partial charge in [-0.2, -0.15) is 0 Å². The fourth-order valence-corrected chi connectivity index (χ4v) is 2.17. The molecule has 1 aliphatic heterocycles. The van der Waals surface area contributed by atoms with Gasteiger partial charge in [-0.25, -0.2) is 4.98 Å². The second-order valence-corrected chi connectivity index (χ2v) is 5.18. The van der Waals surface area contributed by atoms with Gasteiger partial charge < -0.3 is 14.8 Å². The zero-order chi connectivity index (χ0) is 13.2. The summed E-state index contributed by atoms with van der Waals surface area (Å²) in [6.45, 7) is 2.98. The van der Waals surface area contributed by atoms with Gasteiger partial charge in [0.25, 0.3) is 0 Å². The third-order valence-electron chi connectivity index (χ3n) is 2.99. The van der Waals surface area contributed by atoms with Crippen LogP contribution in [0, 0.1) is 6.92 Å². The minimum absolute atomic E-state index is 0.294. The molecule has 0 atom stereocenters. The summed E-state index contributed by atoms with van der Waals surface area (Å²) in [5.41, 5.74) is 2.22. The molecule has 0 saturated heterocycles. The van der Waals surface area contributed by atoms with E-state index in [1.54, 1.807) is 6.20 Å². The van der Waals surface area contributed by atoms with Crippen molar-refractivity contribution in [1.82, 2.24) is 4.98 Å². The van der Waals surface area contributed by atoms with Crippen LogP contribution in [0.5, 0.6) is 11.5 Å². The molecule has 0 fully saturated rings. The molecule has 1 aliphatic rings. The number of rotatable bonds is 3. The predicted molar refractivity (Wildman–Crippen MR) is 76.6 cm³/mol. The van der Waals surface area contributed by atoms with Crippen LogP contribution in [-0.2, 0) is 6.54 Å². The van der Waals surface area contributed by atoms with E-state index in [9.17, 15) is 0 Å². The van der Waals surface area contributed by atoms with E-state index in [1.165, 1.54) is 0 Å². The number of anilines is 1. The zero-order valence-corrected chi connectivity index (χ0v) is 12.0. The van der Waals surface area contributed by atoms with Crippen LogP contribution in [0.1, 0.15) is 11.1 Å². The van der Waals surface area contributed by atoms with E-state index in [1.807, 2.05) is 31.2 Å². The van der Waals surface area contributed by atoms with Crippen molar-refractivity contribution in [3.63, 3.8) is 0 Å². The van der Waals surface area contributed by atoms with Gasteiger partial charge in [-0.05, 0) is 40.5 Å². The standard InChI is InChI=1S/C14H13BrN2O2/c1-9-5-13(17-7-11(9)15)16-6-10-3-2-4-12-14(10)19-8-18-12/h2-5,7H,6,8H2,1H3,(H,16,17). The molecule has 0 unspecified atom stereocenters. The van der Waals surface area contributed by atoms with Gasteiger partial charge in [-0.1, -0.05) is 12.1 Å². The van der Waals surface area contributed by atoms with Gasteiger partial charge in [0.1, 0.15) is 5.82 Å². The molecular formula is C14H13BrN2O2. The van der Waals surface area contributed by atoms with Crippen LogP contribution >= 0.6 is 15.9 Å². The number of hydrogen-bond acceptors (Lipinski definition) is 4. The van der Waals surface area contributed by atoms with Crippen molar-refractivity contribution in [2.75, 3.05) is 12.1 Å². The first kappa shape index (κ1) is 12.3. The highest BCUT2D eigenvalue weighted by Gasteiger charge is 2.16. The Morgan fingerprint density at radius 1 is 1.37 bits per heavy atom. The Morgan fingerprint density at radius 2 is 2.26 bits per heavy atom.